The molecule has 1 aromatic carbocycles. The van der Waals surface area contributed by atoms with Crippen LogP contribution < -0.4 is 4.90 Å². The first-order chi connectivity index (χ1) is 12.8. The molecule has 132 valence electrons. The first kappa shape index (κ1) is 15.7. The zero-order chi connectivity index (χ0) is 17.7. The van der Waals surface area contributed by atoms with E-state index in [9.17, 15) is 5.11 Å². The van der Waals surface area contributed by atoms with Crippen LogP contribution in [0, 0.1) is 0 Å². The highest BCUT2D eigenvalue weighted by Gasteiger charge is 2.25. The maximum atomic E-state index is 9.35. The van der Waals surface area contributed by atoms with Gasteiger partial charge in [0.05, 0.1) is 12.0 Å². The van der Waals surface area contributed by atoms with Crippen LogP contribution in [0.4, 0.5) is 5.95 Å². The van der Waals surface area contributed by atoms with Crippen LogP contribution in [0.1, 0.15) is 16.9 Å². The number of rotatable bonds is 4. The van der Waals surface area contributed by atoms with E-state index in [1.54, 1.807) is 11.3 Å². The van der Waals surface area contributed by atoms with Gasteiger partial charge in [0.25, 0.3) is 0 Å². The Morgan fingerprint density at radius 2 is 2.04 bits per heavy atom. The summed E-state index contributed by atoms with van der Waals surface area (Å²) in [5, 5.41) is 15.3. The summed E-state index contributed by atoms with van der Waals surface area (Å²) < 4.78 is 1.84. The average Bonchev–Trinajstić information content (AvgIpc) is 3.35. The van der Waals surface area contributed by atoms with Gasteiger partial charge in [0.1, 0.15) is 4.83 Å². The number of aromatic nitrogens is 4. The average molecular weight is 365 g/mol. The molecule has 0 saturated heterocycles. The molecule has 0 fully saturated rings. The van der Waals surface area contributed by atoms with Crippen LogP contribution in [0.5, 0.6) is 0 Å². The fraction of sp³-hybridized carbons (Fsp3) is 0.316. The van der Waals surface area contributed by atoms with Gasteiger partial charge in [0, 0.05) is 24.0 Å². The highest BCUT2D eigenvalue weighted by molar-refractivity contribution is 7.19. The second-order valence-electron chi connectivity index (χ2n) is 6.63. The molecular weight excluding hydrogens is 346 g/mol. The Morgan fingerprint density at radius 3 is 2.85 bits per heavy atom. The molecule has 1 aliphatic rings. The molecule has 0 amide bonds. The van der Waals surface area contributed by atoms with Crippen molar-refractivity contribution in [2.75, 3.05) is 25.1 Å². The second-order valence-corrected chi connectivity index (χ2v) is 7.71. The molecule has 4 aromatic rings. The van der Waals surface area contributed by atoms with Crippen LogP contribution >= 0.6 is 11.3 Å². The van der Waals surface area contributed by atoms with Crippen LogP contribution in [0.3, 0.4) is 0 Å². The molecule has 0 radical (unpaired) electrons. The van der Waals surface area contributed by atoms with Crippen molar-refractivity contribution in [2.45, 2.75) is 19.3 Å². The summed E-state index contributed by atoms with van der Waals surface area (Å²) in [5.74, 6) is 1.42. The van der Waals surface area contributed by atoms with E-state index < -0.39 is 0 Å². The van der Waals surface area contributed by atoms with Gasteiger partial charge in [-0.3, -0.25) is 0 Å². The Labute approximate surface area is 154 Å². The van der Waals surface area contributed by atoms with E-state index in [4.69, 9.17) is 15.1 Å². The molecular formula is C19H19N5OS. The summed E-state index contributed by atoms with van der Waals surface area (Å²) in [5.41, 5.74) is 3.26. The second kappa shape index (κ2) is 6.03. The van der Waals surface area contributed by atoms with Gasteiger partial charge >= 0.3 is 0 Å². The summed E-state index contributed by atoms with van der Waals surface area (Å²) >= 11 is 1.77. The Kier molecular flexibility index (Phi) is 3.65. The largest absolute Gasteiger partial charge is 0.395 e. The molecule has 0 aliphatic heterocycles. The smallest absolute Gasteiger partial charge is 0.229 e. The third-order valence-electron chi connectivity index (χ3n) is 4.93. The van der Waals surface area contributed by atoms with E-state index in [0.717, 1.165) is 40.2 Å². The van der Waals surface area contributed by atoms with E-state index in [1.165, 1.54) is 16.9 Å². The first-order valence-corrected chi connectivity index (χ1v) is 9.66. The number of aryl methyl sites for hydroxylation is 2. The lowest BCUT2D eigenvalue weighted by molar-refractivity contribution is 0.303. The quantitative estimate of drug-likeness (QED) is 0.602. The number of thiophene rings is 1. The maximum Gasteiger partial charge on any atom is 0.229 e. The van der Waals surface area contributed by atoms with Crippen molar-refractivity contribution >= 4 is 33.1 Å². The topological polar surface area (TPSA) is 66.5 Å². The number of benzene rings is 1. The van der Waals surface area contributed by atoms with Crippen LogP contribution in [-0.2, 0) is 12.8 Å². The fourth-order valence-electron chi connectivity index (χ4n) is 3.66. The van der Waals surface area contributed by atoms with Crippen molar-refractivity contribution in [3.8, 4) is 11.4 Å². The first-order valence-electron chi connectivity index (χ1n) is 8.84. The predicted molar refractivity (Wildman–Crippen MR) is 104 cm³/mol. The molecule has 7 heteroatoms. The number of aliphatic hydroxyl groups excluding tert-OH is 1. The number of nitrogens with zero attached hydrogens (tertiary/aromatic N) is 5. The maximum absolute atomic E-state index is 9.35. The standard InChI is InChI=1S/C19H19N5OS/c1-23(10-11-25)19-21-18-15(13-8-5-9-14(13)26-18)17-20-16(22-24(17)19)12-6-3-2-4-7-12/h2-4,6-7,25H,5,8-11H2,1H3. The highest BCUT2D eigenvalue weighted by atomic mass is 32.1. The molecule has 5 rings (SSSR count). The third-order valence-corrected chi connectivity index (χ3v) is 6.12. The van der Waals surface area contributed by atoms with Gasteiger partial charge in [0.2, 0.25) is 5.95 Å². The van der Waals surface area contributed by atoms with Crippen molar-refractivity contribution in [3.63, 3.8) is 0 Å². The summed E-state index contributed by atoms with van der Waals surface area (Å²) in [4.78, 5) is 14.2. The zero-order valence-corrected chi connectivity index (χ0v) is 15.3. The third kappa shape index (κ3) is 2.31. The van der Waals surface area contributed by atoms with Gasteiger partial charge < -0.3 is 10.0 Å². The molecule has 6 nitrogen and oxygen atoms in total. The van der Waals surface area contributed by atoms with Gasteiger partial charge in [0.15, 0.2) is 11.5 Å². The summed E-state index contributed by atoms with van der Waals surface area (Å²) in [6.07, 6.45) is 3.42. The Morgan fingerprint density at radius 1 is 1.19 bits per heavy atom. The Bertz CT molecular complexity index is 1100. The molecule has 0 bridgehead atoms. The fourth-order valence-corrected chi connectivity index (χ4v) is 4.91. The minimum atomic E-state index is 0.0683. The molecule has 0 saturated carbocycles. The highest BCUT2D eigenvalue weighted by Crippen LogP contribution is 2.39. The molecule has 0 spiro atoms. The van der Waals surface area contributed by atoms with E-state index >= 15 is 0 Å². The number of fused-ring (bicyclic) bond motifs is 5. The Balaban J connectivity index is 1.82. The van der Waals surface area contributed by atoms with Gasteiger partial charge in [-0.05, 0) is 24.8 Å². The van der Waals surface area contributed by atoms with E-state index in [1.807, 2.05) is 46.8 Å². The number of hydrogen-bond acceptors (Lipinski definition) is 6. The monoisotopic (exact) mass is 365 g/mol. The molecule has 0 unspecified atom stereocenters. The van der Waals surface area contributed by atoms with Crippen LogP contribution in [0.2, 0.25) is 0 Å². The van der Waals surface area contributed by atoms with Gasteiger partial charge in [-0.25, -0.2) is 9.97 Å². The number of anilines is 1. The molecule has 1 aliphatic carbocycles. The molecule has 3 heterocycles. The lowest BCUT2D eigenvalue weighted by Crippen LogP contribution is -2.25. The number of hydrogen-bond donors (Lipinski definition) is 1. The van der Waals surface area contributed by atoms with Gasteiger partial charge in [-0.15, -0.1) is 16.4 Å². The van der Waals surface area contributed by atoms with Crippen LogP contribution in [0.25, 0.3) is 27.3 Å². The predicted octanol–water partition coefficient (Wildman–Crippen LogP) is 2.92. The van der Waals surface area contributed by atoms with E-state index in [0.29, 0.717) is 12.4 Å². The molecule has 3 aromatic heterocycles. The SMILES string of the molecule is CN(CCO)c1nc2sc3c(c2c2nc(-c4ccccc4)nn12)CCC3. The van der Waals surface area contributed by atoms with E-state index in [-0.39, 0.29) is 6.61 Å². The minimum Gasteiger partial charge on any atom is -0.395 e. The minimum absolute atomic E-state index is 0.0683. The van der Waals surface area contributed by atoms with Crippen LogP contribution in [0.15, 0.2) is 30.3 Å². The molecule has 0 atom stereocenters. The summed E-state index contributed by atoms with van der Waals surface area (Å²) in [6, 6.07) is 10.0. The lowest BCUT2D eigenvalue weighted by atomic mass is 10.2. The van der Waals surface area contributed by atoms with Crippen molar-refractivity contribution in [1.29, 1.82) is 0 Å². The number of likely N-dealkylation sites (N-methyl/N-ethyl adjacent to an activating group) is 1. The van der Waals surface area contributed by atoms with Crippen LogP contribution in [-0.4, -0.2) is 44.9 Å². The van der Waals surface area contributed by atoms with Crippen molar-refractivity contribution in [1.82, 2.24) is 19.6 Å². The molecule has 26 heavy (non-hydrogen) atoms. The van der Waals surface area contributed by atoms with Crippen molar-refractivity contribution in [2.24, 2.45) is 0 Å². The number of aliphatic hydroxyl groups is 1. The van der Waals surface area contributed by atoms with Crippen molar-refractivity contribution in [3.05, 3.63) is 40.8 Å². The molecule has 1 N–H and O–H groups in total. The summed E-state index contributed by atoms with van der Waals surface area (Å²) in [7, 11) is 1.93. The van der Waals surface area contributed by atoms with Gasteiger partial charge in [-0.2, -0.15) is 4.52 Å². The van der Waals surface area contributed by atoms with Gasteiger partial charge in [-0.1, -0.05) is 30.3 Å². The lowest BCUT2D eigenvalue weighted by Gasteiger charge is -2.17. The normalized spacial score (nSPS) is 13.6. The Hall–Kier alpha value is -2.51. The summed E-state index contributed by atoms with van der Waals surface area (Å²) in [6.45, 7) is 0.568. The zero-order valence-electron chi connectivity index (χ0n) is 14.5. The van der Waals surface area contributed by atoms with Crippen molar-refractivity contribution < 1.29 is 5.11 Å². The van der Waals surface area contributed by atoms with E-state index in [2.05, 4.69) is 0 Å².